The van der Waals surface area contributed by atoms with Gasteiger partial charge in [-0.05, 0) is 38.0 Å². The second-order valence-corrected chi connectivity index (χ2v) is 7.22. The Balaban J connectivity index is 1.77. The van der Waals surface area contributed by atoms with Crippen molar-refractivity contribution in [3.05, 3.63) is 53.9 Å². The summed E-state index contributed by atoms with van der Waals surface area (Å²) >= 11 is 0. The maximum Gasteiger partial charge on any atom is 0.328 e. The van der Waals surface area contributed by atoms with Crippen molar-refractivity contribution in [3.8, 4) is 0 Å². The molecular formula is C20H23N5O2. The predicted molar refractivity (Wildman–Crippen MR) is 104 cm³/mol. The third-order valence-corrected chi connectivity index (χ3v) is 5.31. The van der Waals surface area contributed by atoms with Crippen molar-refractivity contribution in [2.75, 3.05) is 18.5 Å². The van der Waals surface area contributed by atoms with Crippen LogP contribution < -0.4 is 4.90 Å². The molecule has 3 heterocycles. The first-order chi connectivity index (χ1) is 12.8. The summed E-state index contributed by atoms with van der Waals surface area (Å²) in [5.74, 6) is 0.443. The Labute approximate surface area is 158 Å². The molecule has 1 aromatic rings. The number of urea groups is 1. The van der Waals surface area contributed by atoms with E-state index in [1.807, 2.05) is 18.0 Å². The molecule has 2 atom stereocenters. The molecule has 1 aromatic carbocycles. The van der Waals surface area contributed by atoms with E-state index in [1.165, 1.54) is 9.80 Å². The minimum absolute atomic E-state index is 0.192. The van der Waals surface area contributed by atoms with Gasteiger partial charge in [-0.1, -0.05) is 18.2 Å². The molecule has 7 nitrogen and oxygen atoms in total. The number of benzene rings is 1. The predicted octanol–water partition coefficient (Wildman–Crippen LogP) is 2.43. The number of aliphatic imine (C=N–C) groups is 1. The second-order valence-electron chi connectivity index (χ2n) is 7.22. The molecule has 1 fully saturated rings. The molecule has 27 heavy (non-hydrogen) atoms. The molecule has 3 aliphatic heterocycles. The summed E-state index contributed by atoms with van der Waals surface area (Å²) in [6.45, 7) is 9.96. The van der Waals surface area contributed by atoms with Gasteiger partial charge in [-0.15, -0.1) is 6.58 Å². The molecule has 3 amide bonds. The Kier molecular flexibility index (Phi) is 3.83. The van der Waals surface area contributed by atoms with Gasteiger partial charge in [-0.2, -0.15) is 0 Å². The van der Waals surface area contributed by atoms with E-state index in [2.05, 4.69) is 43.5 Å². The lowest BCUT2D eigenvalue weighted by Gasteiger charge is -2.39. The number of hydrogen-bond acceptors (Lipinski definition) is 5. The summed E-state index contributed by atoms with van der Waals surface area (Å²) in [4.78, 5) is 37.1. The number of amides is 3. The van der Waals surface area contributed by atoms with Gasteiger partial charge in [0.15, 0.2) is 12.2 Å². The van der Waals surface area contributed by atoms with Gasteiger partial charge in [-0.25, -0.2) is 9.79 Å². The van der Waals surface area contributed by atoms with E-state index in [9.17, 15) is 9.59 Å². The van der Waals surface area contributed by atoms with Gasteiger partial charge in [0.2, 0.25) is 5.96 Å². The number of aryl methyl sites for hydroxylation is 2. The van der Waals surface area contributed by atoms with Gasteiger partial charge >= 0.3 is 6.03 Å². The summed E-state index contributed by atoms with van der Waals surface area (Å²) in [5, 5.41) is 0. The van der Waals surface area contributed by atoms with Gasteiger partial charge in [-0.3, -0.25) is 14.6 Å². The van der Waals surface area contributed by atoms with Crippen LogP contribution in [0.2, 0.25) is 0 Å². The number of nitrogens with zero attached hydrogens (tertiary/aromatic N) is 5. The minimum Gasteiger partial charge on any atom is -0.302 e. The standard InChI is InChI=1S/C20H23N5O2/c1-6-9-23-18(26)16-17(22(5)20(23)27)21-19-24(16)11-14(4)25(19)15-10-12(2)7-8-13(15)3/h6-8,10-11,16-17H,1,9H2,2-5H3. The van der Waals surface area contributed by atoms with Gasteiger partial charge in [0.05, 0.1) is 5.69 Å². The summed E-state index contributed by atoms with van der Waals surface area (Å²) in [7, 11) is 1.69. The average Bonchev–Trinajstić information content (AvgIpc) is 3.14. The van der Waals surface area contributed by atoms with E-state index in [0.717, 1.165) is 22.5 Å². The van der Waals surface area contributed by atoms with Crippen LogP contribution in [0.1, 0.15) is 18.1 Å². The van der Waals surface area contributed by atoms with Crippen LogP contribution in [-0.4, -0.2) is 58.4 Å². The van der Waals surface area contributed by atoms with Crippen molar-refractivity contribution in [3.63, 3.8) is 0 Å². The highest BCUT2D eigenvalue weighted by Crippen LogP contribution is 2.37. The second kappa shape index (κ2) is 5.97. The normalized spacial score (nSPS) is 24.1. The van der Waals surface area contributed by atoms with Crippen LogP contribution in [-0.2, 0) is 4.79 Å². The molecule has 2 unspecified atom stereocenters. The Morgan fingerprint density at radius 3 is 2.67 bits per heavy atom. The monoisotopic (exact) mass is 365 g/mol. The van der Waals surface area contributed by atoms with Crippen LogP contribution in [0.4, 0.5) is 10.5 Å². The van der Waals surface area contributed by atoms with Crippen molar-refractivity contribution in [2.24, 2.45) is 4.99 Å². The number of likely N-dealkylation sites (N-methyl/N-ethyl adjacent to an activating group) is 1. The molecule has 0 aromatic heterocycles. The zero-order valence-electron chi connectivity index (χ0n) is 16.0. The average molecular weight is 365 g/mol. The quantitative estimate of drug-likeness (QED) is 0.772. The molecule has 1 saturated heterocycles. The number of fused-ring (bicyclic) bond motifs is 3. The van der Waals surface area contributed by atoms with Crippen LogP contribution in [0.15, 0.2) is 47.7 Å². The van der Waals surface area contributed by atoms with Crippen LogP contribution in [0.3, 0.4) is 0 Å². The Hall–Kier alpha value is -3.09. The van der Waals surface area contributed by atoms with Gasteiger partial charge in [0.25, 0.3) is 5.91 Å². The van der Waals surface area contributed by atoms with Gasteiger partial charge in [0.1, 0.15) is 0 Å². The first-order valence-corrected chi connectivity index (χ1v) is 8.96. The first kappa shape index (κ1) is 17.3. The third kappa shape index (κ3) is 2.38. The fraction of sp³-hybridized carbons (Fsp3) is 0.350. The molecular weight excluding hydrogens is 342 g/mol. The lowest BCUT2D eigenvalue weighted by Crippen LogP contribution is -2.64. The van der Waals surface area contributed by atoms with Crippen molar-refractivity contribution in [1.82, 2.24) is 14.7 Å². The molecule has 3 aliphatic rings. The summed E-state index contributed by atoms with van der Waals surface area (Å²) in [6.07, 6.45) is 2.98. The zero-order valence-corrected chi connectivity index (χ0v) is 16.0. The zero-order chi connectivity index (χ0) is 19.5. The minimum atomic E-state index is -0.548. The van der Waals surface area contributed by atoms with Crippen LogP contribution in [0.25, 0.3) is 0 Å². The van der Waals surface area contributed by atoms with E-state index in [1.54, 1.807) is 13.1 Å². The topological polar surface area (TPSA) is 59.5 Å². The van der Waals surface area contributed by atoms with Gasteiger partial charge in [0, 0.05) is 25.5 Å². The van der Waals surface area contributed by atoms with Crippen LogP contribution in [0, 0.1) is 13.8 Å². The first-order valence-electron chi connectivity index (χ1n) is 8.96. The summed E-state index contributed by atoms with van der Waals surface area (Å²) in [6, 6.07) is 5.38. The number of anilines is 1. The number of guanidine groups is 1. The molecule has 0 saturated carbocycles. The van der Waals surface area contributed by atoms with Crippen molar-refractivity contribution >= 4 is 23.6 Å². The van der Waals surface area contributed by atoms with Crippen molar-refractivity contribution < 1.29 is 9.59 Å². The highest BCUT2D eigenvalue weighted by atomic mass is 16.2. The van der Waals surface area contributed by atoms with E-state index in [0.29, 0.717) is 5.96 Å². The van der Waals surface area contributed by atoms with E-state index in [-0.39, 0.29) is 18.5 Å². The lowest BCUT2D eigenvalue weighted by molar-refractivity contribution is -0.136. The molecule has 0 radical (unpaired) electrons. The largest absolute Gasteiger partial charge is 0.328 e. The van der Waals surface area contributed by atoms with E-state index < -0.39 is 12.2 Å². The number of carbonyl (C=O) groups is 2. The fourth-order valence-corrected chi connectivity index (χ4v) is 3.91. The SMILES string of the molecule is C=CCN1C(=O)C2C(N=C3N(c4cc(C)ccc4C)C(C)=CN32)N(C)C1=O. The van der Waals surface area contributed by atoms with E-state index in [4.69, 9.17) is 4.99 Å². The maximum absolute atomic E-state index is 13.0. The van der Waals surface area contributed by atoms with Crippen LogP contribution in [0.5, 0.6) is 0 Å². The Morgan fingerprint density at radius 1 is 1.22 bits per heavy atom. The van der Waals surface area contributed by atoms with Gasteiger partial charge < -0.3 is 9.80 Å². The smallest absolute Gasteiger partial charge is 0.302 e. The molecule has 7 heteroatoms. The summed E-state index contributed by atoms with van der Waals surface area (Å²) < 4.78 is 0. The Bertz CT molecular complexity index is 919. The molecule has 0 spiro atoms. The molecule has 4 rings (SSSR count). The number of allylic oxidation sites excluding steroid dienone is 1. The highest BCUT2D eigenvalue weighted by molar-refractivity contribution is 6.10. The molecule has 0 N–H and O–H groups in total. The highest BCUT2D eigenvalue weighted by Gasteiger charge is 2.54. The third-order valence-electron chi connectivity index (χ3n) is 5.31. The number of rotatable bonds is 3. The summed E-state index contributed by atoms with van der Waals surface area (Å²) in [5.41, 5.74) is 4.30. The lowest BCUT2D eigenvalue weighted by atomic mass is 10.1. The maximum atomic E-state index is 13.0. The van der Waals surface area contributed by atoms with Crippen LogP contribution >= 0.6 is 0 Å². The number of carbonyl (C=O) groups excluding carboxylic acids is 2. The number of imide groups is 1. The molecule has 140 valence electrons. The molecule has 0 aliphatic carbocycles. The fourth-order valence-electron chi connectivity index (χ4n) is 3.91. The Morgan fingerprint density at radius 2 is 1.96 bits per heavy atom. The number of hydrogen-bond donors (Lipinski definition) is 0. The van der Waals surface area contributed by atoms with Crippen molar-refractivity contribution in [1.29, 1.82) is 0 Å². The molecule has 0 bridgehead atoms. The van der Waals surface area contributed by atoms with Crippen molar-refractivity contribution in [2.45, 2.75) is 33.0 Å². The van der Waals surface area contributed by atoms with E-state index >= 15 is 0 Å².